The molecule has 0 aliphatic heterocycles. The Morgan fingerprint density at radius 3 is 3.00 bits per heavy atom. The summed E-state index contributed by atoms with van der Waals surface area (Å²) in [4.78, 5) is 17.0. The molecule has 1 aromatic heterocycles. The van der Waals surface area contributed by atoms with E-state index in [2.05, 4.69) is 22.5 Å². The molecule has 100 valence electrons. The molecule has 2 amide bonds. The Kier molecular flexibility index (Phi) is 4.54. The monoisotopic (exact) mass is 269 g/mol. The molecule has 1 aromatic rings. The van der Waals surface area contributed by atoms with Crippen LogP contribution in [-0.4, -0.2) is 28.3 Å². The molecule has 1 fully saturated rings. The van der Waals surface area contributed by atoms with Crippen LogP contribution in [0.25, 0.3) is 0 Å². The molecule has 0 aromatic carbocycles. The lowest BCUT2D eigenvalue weighted by molar-refractivity contribution is 0.0955. The summed E-state index contributed by atoms with van der Waals surface area (Å²) in [5.74, 6) is 0. The Labute approximate surface area is 111 Å². The first-order valence-electron chi connectivity index (χ1n) is 6.39. The Hall–Kier alpha value is -1.14. The van der Waals surface area contributed by atoms with Gasteiger partial charge in [0.1, 0.15) is 0 Å². The average Bonchev–Trinajstić information content (AvgIpc) is 2.80. The zero-order valence-corrected chi connectivity index (χ0v) is 11.3. The lowest BCUT2D eigenvalue weighted by atomic mass is 9.93. The Bertz CT molecular complexity index is 408. The Morgan fingerprint density at radius 2 is 2.33 bits per heavy atom. The lowest BCUT2D eigenvalue weighted by Crippen LogP contribution is -2.46. The summed E-state index contributed by atoms with van der Waals surface area (Å²) in [6, 6.07) is -0.415. The SMILES string of the molecule is CCc1cnc(NC(=O)NC2CCCCC2O)s1. The minimum absolute atomic E-state index is 0.135. The van der Waals surface area contributed by atoms with Crippen LogP contribution in [-0.2, 0) is 6.42 Å². The fourth-order valence-corrected chi connectivity index (χ4v) is 2.86. The largest absolute Gasteiger partial charge is 0.391 e. The van der Waals surface area contributed by atoms with Crippen LogP contribution in [0, 0.1) is 0 Å². The van der Waals surface area contributed by atoms with Gasteiger partial charge in [0.25, 0.3) is 0 Å². The van der Waals surface area contributed by atoms with Gasteiger partial charge in [0.2, 0.25) is 0 Å². The van der Waals surface area contributed by atoms with Crippen LogP contribution in [0.5, 0.6) is 0 Å². The average molecular weight is 269 g/mol. The van der Waals surface area contributed by atoms with Gasteiger partial charge in [-0.3, -0.25) is 5.32 Å². The van der Waals surface area contributed by atoms with Gasteiger partial charge in [-0.05, 0) is 19.3 Å². The van der Waals surface area contributed by atoms with E-state index in [1.54, 1.807) is 6.20 Å². The number of hydrogen-bond donors (Lipinski definition) is 3. The molecule has 5 nitrogen and oxygen atoms in total. The molecule has 0 bridgehead atoms. The second kappa shape index (κ2) is 6.15. The number of nitrogens with one attached hydrogen (secondary N) is 2. The first-order valence-corrected chi connectivity index (χ1v) is 7.21. The van der Waals surface area contributed by atoms with Gasteiger partial charge in [0, 0.05) is 11.1 Å². The standard InChI is InChI=1S/C12H19N3O2S/c1-2-8-7-13-12(18-8)15-11(17)14-9-5-3-4-6-10(9)16/h7,9-10,16H,2-6H2,1H3,(H2,13,14,15,17). The summed E-state index contributed by atoms with van der Waals surface area (Å²) in [7, 11) is 0. The number of hydrogen-bond acceptors (Lipinski definition) is 4. The highest BCUT2D eigenvalue weighted by molar-refractivity contribution is 7.15. The second-order valence-corrected chi connectivity index (χ2v) is 5.66. The first kappa shape index (κ1) is 13.3. The molecule has 2 atom stereocenters. The van der Waals surface area contributed by atoms with Crippen molar-refractivity contribution < 1.29 is 9.90 Å². The molecule has 2 unspecified atom stereocenters. The number of aliphatic hydroxyl groups excluding tert-OH is 1. The fraction of sp³-hybridized carbons (Fsp3) is 0.667. The number of aliphatic hydroxyl groups is 1. The molecule has 6 heteroatoms. The number of anilines is 1. The molecule has 1 aliphatic carbocycles. The lowest BCUT2D eigenvalue weighted by Gasteiger charge is -2.28. The molecule has 0 radical (unpaired) electrons. The van der Waals surface area contributed by atoms with Crippen LogP contribution >= 0.6 is 11.3 Å². The van der Waals surface area contributed by atoms with Gasteiger partial charge in [-0.2, -0.15) is 0 Å². The fourth-order valence-electron chi connectivity index (χ4n) is 2.11. The summed E-state index contributed by atoms with van der Waals surface area (Å²) in [5.41, 5.74) is 0. The van der Waals surface area contributed by atoms with E-state index in [-0.39, 0.29) is 12.1 Å². The summed E-state index contributed by atoms with van der Waals surface area (Å²) in [5, 5.41) is 15.9. The van der Waals surface area contributed by atoms with Crippen molar-refractivity contribution in [2.75, 3.05) is 5.32 Å². The first-order chi connectivity index (χ1) is 8.69. The molecule has 3 N–H and O–H groups in total. The summed E-state index contributed by atoms with van der Waals surface area (Å²) < 4.78 is 0. The third-order valence-electron chi connectivity index (χ3n) is 3.17. The highest BCUT2D eigenvalue weighted by atomic mass is 32.1. The minimum atomic E-state index is -0.424. The summed E-state index contributed by atoms with van der Waals surface area (Å²) in [6.07, 6.45) is 5.96. The third-order valence-corrected chi connectivity index (χ3v) is 4.23. The van der Waals surface area contributed by atoms with Crippen molar-refractivity contribution >= 4 is 22.5 Å². The van der Waals surface area contributed by atoms with Crippen molar-refractivity contribution in [3.8, 4) is 0 Å². The van der Waals surface area contributed by atoms with Crippen LogP contribution in [0.2, 0.25) is 0 Å². The predicted molar refractivity (Wildman–Crippen MR) is 71.9 cm³/mol. The molecule has 0 saturated heterocycles. The van der Waals surface area contributed by atoms with E-state index in [1.165, 1.54) is 11.3 Å². The second-order valence-electron chi connectivity index (χ2n) is 4.54. The van der Waals surface area contributed by atoms with E-state index in [0.29, 0.717) is 5.13 Å². The van der Waals surface area contributed by atoms with Gasteiger partial charge in [-0.25, -0.2) is 9.78 Å². The summed E-state index contributed by atoms with van der Waals surface area (Å²) in [6.45, 7) is 2.05. The number of urea groups is 1. The van der Waals surface area contributed by atoms with Crippen molar-refractivity contribution in [3.05, 3.63) is 11.1 Å². The molecule has 1 aliphatic rings. The van der Waals surface area contributed by atoms with Gasteiger partial charge >= 0.3 is 6.03 Å². The number of carbonyl (C=O) groups is 1. The van der Waals surface area contributed by atoms with Crippen molar-refractivity contribution in [1.29, 1.82) is 0 Å². The third kappa shape index (κ3) is 3.43. The van der Waals surface area contributed by atoms with Crippen LogP contribution in [0.3, 0.4) is 0 Å². The molecular weight excluding hydrogens is 250 g/mol. The van der Waals surface area contributed by atoms with Gasteiger partial charge in [0.05, 0.1) is 12.1 Å². The molecule has 1 saturated carbocycles. The minimum Gasteiger partial charge on any atom is -0.391 e. The normalized spacial score (nSPS) is 23.7. The molecule has 1 heterocycles. The number of nitrogens with zero attached hydrogens (tertiary/aromatic N) is 1. The van der Waals surface area contributed by atoms with Gasteiger partial charge in [-0.1, -0.05) is 19.8 Å². The van der Waals surface area contributed by atoms with E-state index in [0.717, 1.165) is 37.0 Å². The quantitative estimate of drug-likeness (QED) is 0.787. The molecule has 2 rings (SSSR count). The van der Waals surface area contributed by atoms with E-state index < -0.39 is 6.10 Å². The van der Waals surface area contributed by atoms with Crippen molar-refractivity contribution in [2.24, 2.45) is 0 Å². The molecule has 0 spiro atoms. The van der Waals surface area contributed by atoms with E-state index >= 15 is 0 Å². The zero-order chi connectivity index (χ0) is 13.0. The Morgan fingerprint density at radius 1 is 1.56 bits per heavy atom. The number of amides is 2. The number of aromatic nitrogens is 1. The maximum absolute atomic E-state index is 11.8. The van der Waals surface area contributed by atoms with Gasteiger partial charge < -0.3 is 10.4 Å². The summed E-state index contributed by atoms with van der Waals surface area (Å²) >= 11 is 1.48. The number of thiazole rings is 1. The van der Waals surface area contributed by atoms with E-state index in [9.17, 15) is 9.90 Å². The molecule has 18 heavy (non-hydrogen) atoms. The Balaban J connectivity index is 1.84. The van der Waals surface area contributed by atoms with Crippen LogP contribution in [0.15, 0.2) is 6.20 Å². The number of aryl methyl sites for hydroxylation is 1. The van der Waals surface area contributed by atoms with Crippen molar-refractivity contribution in [1.82, 2.24) is 10.3 Å². The van der Waals surface area contributed by atoms with Crippen LogP contribution < -0.4 is 10.6 Å². The van der Waals surface area contributed by atoms with Crippen LogP contribution in [0.1, 0.15) is 37.5 Å². The highest BCUT2D eigenvalue weighted by Crippen LogP contribution is 2.20. The van der Waals surface area contributed by atoms with E-state index in [1.807, 2.05) is 0 Å². The maximum Gasteiger partial charge on any atom is 0.321 e. The highest BCUT2D eigenvalue weighted by Gasteiger charge is 2.24. The van der Waals surface area contributed by atoms with Crippen molar-refractivity contribution in [3.63, 3.8) is 0 Å². The maximum atomic E-state index is 11.8. The van der Waals surface area contributed by atoms with Gasteiger partial charge in [-0.15, -0.1) is 11.3 Å². The van der Waals surface area contributed by atoms with Gasteiger partial charge in [0.15, 0.2) is 5.13 Å². The number of carbonyl (C=O) groups excluding carboxylic acids is 1. The predicted octanol–water partition coefficient (Wildman–Crippen LogP) is 2.13. The van der Waals surface area contributed by atoms with Crippen molar-refractivity contribution in [2.45, 2.75) is 51.2 Å². The zero-order valence-electron chi connectivity index (χ0n) is 10.5. The van der Waals surface area contributed by atoms with Crippen LogP contribution in [0.4, 0.5) is 9.93 Å². The molecular formula is C12H19N3O2S. The smallest absolute Gasteiger partial charge is 0.321 e. The van der Waals surface area contributed by atoms with E-state index in [4.69, 9.17) is 0 Å². The number of rotatable bonds is 3. The topological polar surface area (TPSA) is 74.2 Å².